The van der Waals surface area contributed by atoms with E-state index in [1.54, 1.807) is 6.07 Å². The van der Waals surface area contributed by atoms with Gasteiger partial charge in [-0.25, -0.2) is 4.39 Å². The van der Waals surface area contributed by atoms with Gasteiger partial charge in [-0.15, -0.1) is 0 Å². The van der Waals surface area contributed by atoms with Gasteiger partial charge in [0.2, 0.25) is 0 Å². The lowest BCUT2D eigenvalue weighted by Gasteiger charge is -2.23. The van der Waals surface area contributed by atoms with E-state index in [2.05, 4.69) is 5.32 Å². The summed E-state index contributed by atoms with van der Waals surface area (Å²) in [6.45, 7) is 0. The van der Waals surface area contributed by atoms with Gasteiger partial charge in [0.1, 0.15) is 5.76 Å². The molecule has 3 rings (SSSR count). The summed E-state index contributed by atoms with van der Waals surface area (Å²) in [6.07, 6.45) is 6.76. The van der Waals surface area contributed by atoms with E-state index < -0.39 is 0 Å². The molecule has 0 spiro atoms. The van der Waals surface area contributed by atoms with Gasteiger partial charge in [0.05, 0.1) is 6.04 Å². The largest absolute Gasteiger partial charge is 0.456 e. The number of nitrogens with one attached hydrogen (secondary N) is 1. The molecule has 1 aliphatic rings. The number of halogens is 1. The fourth-order valence-corrected chi connectivity index (χ4v) is 4.45. The smallest absolute Gasteiger partial charge is 0.169 e. The molecular formula is C17H22FNOS. The average molecular weight is 307 g/mol. The minimum Gasteiger partial charge on any atom is -0.456 e. The molecule has 0 amide bonds. The van der Waals surface area contributed by atoms with Gasteiger partial charge in [0.25, 0.3) is 0 Å². The summed E-state index contributed by atoms with van der Waals surface area (Å²) in [5.74, 6) is 1.53. The first-order valence-corrected chi connectivity index (χ1v) is 8.79. The molecule has 1 fully saturated rings. The molecule has 114 valence electrons. The number of fused-ring (bicyclic) bond motifs is 1. The summed E-state index contributed by atoms with van der Waals surface area (Å²) in [4.78, 5) is 0. The van der Waals surface area contributed by atoms with Crippen LogP contribution in [0.2, 0.25) is 0 Å². The summed E-state index contributed by atoms with van der Waals surface area (Å²) in [7, 11) is 1.94. The second-order valence-electron chi connectivity index (χ2n) is 5.74. The molecule has 0 bridgehead atoms. The summed E-state index contributed by atoms with van der Waals surface area (Å²) >= 11 is 2.02. The molecule has 2 nitrogen and oxygen atoms in total. The zero-order valence-corrected chi connectivity index (χ0v) is 13.2. The molecular weight excluding hydrogens is 285 g/mol. The minimum absolute atomic E-state index is 0.142. The topological polar surface area (TPSA) is 25.2 Å². The Balaban J connectivity index is 1.70. The summed E-state index contributed by atoms with van der Waals surface area (Å²) in [5.41, 5.74) is 0.371. The maximum absolute atomic E-state index is 13.7. The van der Waals surface area contributed by atoms with Gasteiger partial charge in [-0.3, -0.25) is 0 Å². The van der Waals surface area contributed by atoms with Gasteiger partial charge in [0, 0.05) is 16.4 Å². The predicted octanol–water partition coefficient (Wildman–Crippen LogP) is 4.90. The standard InChI is InChI=1S/C17H22FNOS/c1-19-15(11-21-13-7-3-2-4-8-13)16-10-12-6-5-9-14(18)17(12)20-16/h5-6,9-10,13,15,19H,2-4,7-8,11H2,1H3. The van der Waals surface area contributed by atoms with Crippen LogP contribution in [0.5, 0.6) is 0 Å². The Morgan fingerprint density at radius 3 is 2.86 bits per heavy atom. The highest BCUT2D eigenvalue weighted by Gasteiger charge is 2.20. The van der Waals surface area contributed by atoms with Crippen LogP contribution in [0, 0.1) is 5.82 Å². The molecule has 21 heavy (non-hydrogen) atoms. The second-order valence-corrected chi connectivity index (χ2v) is 7.07. The number of thioether (sulfide) groups is 1. The summed E-state index contributed by atoms with van der Waals surface area (Å²) in [6, 6.07) is 7.17. The van der Waals surface area contributed by atoms with Crippen LogP contribution in [0.25, 0.3) is 11.0 Å². The van der Waals surface area contributed by atoms with Crippen molar-refractivity contribution in [1.29, 1.82) is 0 Å². The van der Waals surface area contributed by atoms with Crippen molar-refractivity contribution in [2.45, 2.75) is 43.4 Å². The summed E-state index contributed by atoms with van der Waals surface area (Å²) < 4.78 is 19.5. The van der Waals surface area contributed by atoms with Crippen molar-refractivity contribution >= 4 is 22.7 Å². The second kappa shape index (κ2) is 6.84. The Kier molecular flexibility index (Phi) is 4.86. The number of benzene rings is 1. The number of hydrogen-bond acceptors (Lipinski definition) is 3. The van der Waals surface area contributed by atoms with Gasteiger partial charge in [-0.05, 0) is 32.0 Å². The monoisotopic (exact) mass is 307 g/mol. The van der Waals surface area contributed by atoms with Gasteiger partial charge in [-0.2, -0.15) is 11.8 Å². The van der Waals surface area contributed by atoms with E-state index in [9.17, 15) is 4.39 Å². The molecule has 4 heteroatoms. The van der Waals surface area contributed by atoms with E-state index in [0.717, 1.165) is 22.1 Å². The van der Waals surface area contributed by atoms with Crippen LogP contribution in [0.3, 0.4) is 0 Å². The first-order chi connectivity index (χ1) is 10.3. The maximum Gasteiger partial charge on any atom is 0.169 e. The molecule has 1 atom stereocenters. The van der Waals surface area contributed by atoms with Crippen LogP contribution < -0.4 is 5.32 Å². The third-order valence-corrected chi connectivity index (χ3v) is 5.73. The highest BCUT2D eigenvalue weighted by Crippen LogP contribution is 2.32. The molecule has 1 N–H and O–H groups in total. The Hall–Kier alpha value is -1.00. The fraction of sp³-hybridized carbons (Fsp3) is 0.529. The first kappa shape index (κ1) is 14.9. The highest BCUT2D eigenvalue weighted by atomic mass is 32.2. The fourth-order valence-electron chi connectivity index (χ4n) is 2.99. The molecule has 1 aromatic carbocycles. The van der Waals surface area contributed by atoms with E-state index in [0.29, 0.717) is 5.58 Å². The van der Waals surface area contributed by atoms with E-state index in [1.807, 2.05) is 30.9 Å². The third-order valence-electron chi connectivity index (χ3n) is 4.26. The van der Waals surface area contributed by atoms with Crippen molar-refractivity contribution in [1.82, 2.24) is 5.32 Å². The molecule has 1 aliphatic carbocycles. The molecule has 1 saturated carbocycles. The summed E-state index contributed by atoms with van der Waals surface area (Å²) in [5, 5.41) is 4.92. The molecule has 0 saturated heterocycles. The van der Waals surface area contributed by atoms with E-state index in [-0.39, 0.29) is 11.9 Å². The zero-order valence-electron chi connectivity index (χ0n) is 12.4. The number of furan rings is 1. The maximum atomic E-state index is 13.7. The van der Waals surface area contributed by atoms with Crippen LogP contribution in [0.15, 0.2) is 28.7 Å². The Morgan fingerprint density at radius 2 is 2.14 bits per heavy atom. The van der Waals surface area contributed by atoms with Crippen LogP contribution >= 0.6 is 11.8 Å². The molecule has 0 aliphatic heterocycles. The van der Waals surface area contributed by atoms with Gasteiger partial charge < -0.3 is 9.73 Å². The van der Waals surface area contributed by atoms with Crippen LogP contribution in [0.4, 0.5) is 4.39 Å². The number of rotatable bonds is 5. The quantitative estimate of drug-likeness (QED) is 0.850. The van der Waals surface area contributed by atoms with Crippen molar-refractivity contribution in [3.05, 3.63) is 35.8 Å². The first-order valence-electron chi connectivity index (χ1n) is 7.75. The average Bonchev–Trinajstić information content (AvgIpc) is 2.94. The highest BCUT2D eigenvalue weighted by molar-refractivity contribution is 7.99. The molecule has 1 heterocycles. The molecule has 1 aromatic heterocycles. The third kappa shape index (κ3) is 3.43. The lowest BCUT2D eigenvalue weighted by molar-refractivity contribution is 0.464. The van der Waals surface area contributed by atoms with Gasteiger partial charge >= 0.3 is 0 Å². The molecule has 2 aromatic rings. The lowest BCUT2D eigenvalue weighted by atomic mass is 10.0. The lowest BCUT2D eigenvalue weighted by Crippen LogP contribution is -2.20. The SMILES string of the molecule is CNC(CSC1CCCCC1)c1cc2cccc(F)c2o1. The van der Waals surface area contributed by atoms with Crippen molar-refractivity contribution in [3.63, 3.8) is 0 Å². The minimum atomic E-state index is -0.284. The van der Waals surface area contributed by atoms with Gasteiger partial charge in [-0.1, -0.05) is 31.4 Å². The normalized spacial score (nSPS) is 18.2. The molecule has 0 radical (unpaired) electrons. The number of para-hydroxylation sites is 1. The van der Waals surface area contributed by atoms with Crippen molar-refractivity contribution < 1.29 is 8.81 Å². The van der Waals surface area contributed by atoms with Crippen LogP contribution in [-0.4, -0.2) is 18.1 Å². The molecule has 1 unspecified atom stereocenters. The van der Waals surface area contributed by atoms with Gasteiger partial charge in [0.15, 0.2) is 11.4 Å². The van der Waals surface area contributed by atoms with Crippen molar-refractivity contribution in [3.8, 4) is 0 Å². The van der Waals surface area contributed by atoms with Crippen LogP contribution in [-0.2, 0) is 0 Å². The van der Waals surface area contributed by atoms with E-state index in [4.69, 9.17) is 4.42 Å². The number of hydrogen-bond donors (Lipinski definition) is 1. The van der Waals surface area contributed by atoms with E-state index in [1.165, 1.54) is 38.2 Å². The Morgan fingerprint density at radius 1 is 1.33 bits per heavy atom. The Bertz CT molecular complexity index is 591. The van der Waals surface area contributed by atoms with Crippen LogP contribution in [0.1, 0.15) is 43.9 Å². The zero-order chi connectivity index (χ0) is 14.7. The predicted molar refractivity (Wildman–Crippen MR) is 87.3 cm³/mol. The van der Waals surface area contributed by atoms with Crippen molar-refractivity contribution in [2.75, 3.05) is 12.8 Å². The van der Waals surface area contributed by atoms with Crippen molar-refractivity contribution in [2.24, 2.45) is 0 Å². The Labute approximate surface area is 129 Å². The van der Waals surface area contributed by atoms with E-state index >= 15 is 0 Å².